The van der Waals surface area contributed by atoms with Crippen LogP contribution in [0, 0.1) is 5.92 Å². The molecule has 1 saturated heterocycles. The highest BCUT2D eigenvalue weighted by Gasteiger charge is 2.29. The van der Waals surface area contributed by atoms with Gasteiger partial charge in [0.1, 0.15) is 17.8 Å². The van der Waals surface area contributed by atoms with Crippen molar-refractivity contribution in [1.29, 1.82) is 0 Å². The van der Waals surface area contributed by atoms with Crippen molar-refractivity contribution in [2.45, 2.75) is 57.0 Å². The molecule has 3 aromatic rings. The summed E-state index contributed by atoms with van der Waals surface area (Å²) in [5.74, 6) is 1.16. The molecule has 9 heteroatoms. The lowest BCUT2D eigenvalue weighted by atomic mass is 9.89. The highest BCUT2D eigenvalue weighted by molar-refractivity contribution is 6.35. The Morgan fingerprint density at radius 2 is 1.83 bits per heavy atom. The molecule has 2 fully saturated rings. The number of amides is 1. The second-order valence-electron chi connectivity index (χ2n) is 9.87. The lowest BCUT2D eigenvalue weighted by molar-refractivity contribution is -0.134. The van der Waals surface area contributed by atoms with Crippen molar-refractivity contribution >= 4 is 40.1 Å². The van der Waals surface area contributed by atoms with Gasteiger partial charge in [0.2, 0.25) is 5.91 Å². The summed E-state index contributed by atoms with van der Waals surface area (Å²) in [4.78, 5) is 40.0. The molecule has 2 aromatic heterocycles. The number of hydrogen-bond donors (Lipinski definition) is 2. The van der Waals surface area contributed by atoms with E-state index in [1.807, 2.05) is 11.9 Å². The van der Waals surface area contributed by atoms with Crippen molar-refractivity contribution in [1.82, 2.24) is 19.9 Å². The molecule has 1 saturated carbocycles. The minimum atomic E-state index is -0.168. The number of fused-ring (bicyclic) bond motifs is 1. The molecule has 8 nitrogen and oxygen atoms in total. The Labute approximate surface area is 215 Å². The van der Waals surface area contributed by atoms with Crippen LogP contribution in [0.3, 0.4) is 0 Å². The summed E-state index contributed by atoms with van der Waals surface area (Å²) in [6.07, 6.45) is 9.44. The Bertz CT molecular complexity index is 1230. The Balaban J connectivity index is 1.24. The van der Waals surface area contributed by atoms with Gasteiger partial charge in [0.05, 0.1) is 16.0 Å². The number of nitrogens with zero attached hydrogens (tertiary/aromatic N) is 3. The molecule has 0 atom stereocenters. The summed E-state index contributed by atoms with van der Waals surface area (Å²) in [6.45, 7) is 1.53. The van der Waals surface area contributed by atoms with Crippen LogP contribution in [0.15, 0.2) is 36.8 Å². The predicted octanol–water partition coefficient (Wildman–Crippen LogP) is 4.84. The number of benzene rings is 1. The first-order valence-corrected chi connectivity index (χ1v) is 13.1. The first-order chi connectivity index (χ1) is 17.5. The molecule has 1 amide bonds. The molecular formula is C27H32ClN5O3. The lowest BCUT2D eigenvalue weighted by Crippen LogP contribution is -2.42. The number of aromatic amines is 1. The summed E-state index contributed by atoms with van der Waals surface area (Å²) in [5.41, 5.74) is 1.55. The summed E-state index contributed by atoms with van der Waals surface area (Å²) < 4.78 is 5.42. The third-order valence-electron chi connectivity index (χ3n) is 7.62. The molecule has 36 heavy (non-hydrogen) atoms. The maximum atomic E-state index is 13.3. The third-order valence-corrected chi connectivity index (χ3v) is 7.95. The van der Waals surface area contributed by atoms with Crippen molar-refractivity contribution in [3.05, 3.63) is 52.9 Å². The quantitative estimate of drug-likeness (QED) is 0.442. The second-order valence-corrected chi connectivity index (χ2v) is 10.3. The number of carbonyl (C=O) groups is 2. The molecule has 1 aromatic carbocycles. The van der Waals surface area contributed by atoms with Crippen molar-refractivity contribution in [2.75, 3.05) is 25.6 Å². The van der Waals surface area contributed by atoms with Crippen LogP contribution < -0.4 is 5.32 Å². The maximum absolute atomic E-state index is 13.3. The number of ketones is 1. The maximum Gasteiger partial charge on any atom is 0.222 e. The van der Waals surface area contributed by atoms with Gasteiger partial charge in [-0.25, -0.2) is 9.97 Å². The van der Waals surface area contributed by atoms with Gasteiger partial charge in [0.25, 0.3) is 0 Å². The molecule has 190 valence electrons. The van der Waals surface area contributed by atoms with Crippen LogP contribution in [0.25, 0.3) is 11.0 Å². The van der Waals surface area contributed by atoms with Crippen LogP contribution in [0.4, 0.5) is 5.82 Å². The summed E-state index contributed by atoms with van der Waals surface area (Å²) in [6, 6.07) is 7.50. The molecule has 0 bridgehead atoms. The number of H-pyrrole nitrogens is 1. The van der Waals surface area contributed by atoms with Gasteiger partial charge in [0.15, 0.2) is 5.78 Å². The molecule has 2 aliphatic rings. The first kappa shape index (κ1) is 24.7. The number of hydrogen-bond acceptors (Lipinski definition) is 6. The van der Waals surface area contributed by atoms with E-state index in [1.165, 1.54) is 6.33 Å². The van der Waals surface area contributed by atoms with Gasteiger partial charge in [-0.3, -0.25) is 9.59 Å². The van der Waals surface area contributed by atoms with Crippen LogP contribution in [0.2, 0.25) is 5.02 Å². The van der Waals surface area contributed by atoms with Crippen LogP contribution >= 0.6 is 11.6 Å². The van der Waals surface area contributed by atoms with E-state index < -0.39 is 0 Å². The van der Waals surface area contributed by atoms with E-state index in [-0.39, 0.29) is 23.8 Å². The SMILES string of the molecule is CN(C(=O)CC1CCOCC1)C1CCC(Nc2ncnc3[nH]cc(C(=O)c4ccccc4Cl)c23)CC1. The predicted molar refractivity (Wildman–Crippen MR) is 139 cm³/mol. The summed E-state index contributed by atoms with van der Waals surface area (Å²) >= 11 is 6.29. The smallest absolute Gasteiger partial charge is 0.222 e. The van der Waals surface area contributed by atoms with Crippen molar-refractivity contribution in [3.8, 4) is 0 Å². The molecule has 2 N–H and O–H groups in total. The van der Waals surface area contributed by atoms with Gasteiger partial charge in [-0.05, 0) is 56.6 Å². The largest absolute Gasteiger partial charge is 0.381 e. The second kappa shape index (κ2) is 11.0. The fourth-order valence-corrected chi connectivity index (χ4v) is 5.61. The Kier molecular flexibility index (Phi) is 7.53. The highest BCUT2D eigenvalue weighted by atomic mass is 35.5. The number of rotatable bonds is 7. The number of anilines is 1. The average Bonchev–Trinajstić information content (AvgIpc) is 3.34. The zero-order chi connectivity index (χ0) is 25.1. The molecule has 0 radical (unpaired) electrons. The third kappa shape index (κ3) is 5.25. The minimum absolute atomic E-state index is 0.168. The molecule has 3 heterocycles. The lowest BCUT2D eigenvalue weighted by Gasteiger charge is -2.36. The summed E-state index contributed by atoms with van der Waals surface area (Å²) in [7, 11) is 1.94. The molecule has 1 aliphatic carbocycles. The number of ether oxygens (including phenoxy) is 1. The standard InChI is InChI=1S/C27H32ClN5O3/c1-33(23(34)14-17-10-12-36-13-11-17)19-8-6-18(7-9-19)32-27-24-21(15-29-26(24)30-16-31-27)25(35)20-4-2-3-5-22(20)28/h2-5,15-19H,6-14H2,1H3,(H2,29,30,31,32). The Hall–Kier alpha value is -2.97. The zero-order valence-corrected chi connectivity index (χ0v) is 21.3. The van der Waals surface area contributed by atoms with Gasteiger partial charge in [-0.1, -0.05) is 23.7 Å². The summed E-state index contributed by atoms with van der Waals surface area (Å²) in [5, 5.41) is 4.64. The molecule has 0 unspecified atom stereocenters. The fraction of sp³-hybridized carbons (Fsp3) is 0.481. The normalized spacial score (nSPS) is 20.8. The molecule has 0 spiro atoms. The van der Waals surface area contributed by atoms with E-state index in [0.29, 0.717) is 45.3 Å². The Morgan fingerprint density at radius 3 is 2.58 bits per heavy atom. The number of nitrogens with one attached hydrogen (secondary N) is 2. The van der Waals surface area contributed by atoms with Gasteiger partial charge in [-0.2, -0.15) is 0 Å². The fourth-order valence-electron chi connectivity index (χ4n) is 5.39. The number of aromatic nitrogens is 3. The minimum Gasteiger partial charge on any atom is -0.381 e. The Morgan fingerprint density at radius 1 is 1.08 bits per heavy atom. The number of carbonyl (C=O) groups excluding carboxylic acids is 2. The molecule has 5 rings (SSSR count). The highest BCUT2D eigenvalue weighted by Crippen LogP contribution is 2.31. The van der Waals surface area contributed by atoms with E-state index in [9.17, 15) is 9.59 Å². The first-order valence-electron chi connectivity index (χ1n) is 12.7. The van der Waals surface area contributed by atoms with E-state index in [2.05, 4.69) is 20.3 Å². The topological polar surface area (TPSA) is 100 Å². The van der Waals surface area contributed by atoms with Crippen LogP contribution in [0.5, 0.6) is 0 Å². The molecular weight excluding hydrogens is 478 g/mol. The van der Waals surface area contributed by atoms with Gasteiger partial charge < -0.3 is 19.9 Å². The van der Waals surface area contributed by atoms with Crippen molar-refractivity contribution < 1.29 is 14.3 Å². The van der Waals surface area contributed by atoms with E-state index in [0.717, 1.165) is 51.7 Å². The van der Waals surface area contributed by atoms with Crippen molar-refractivity contribution in [2.24, 2.45) is 5.92 Å². The van der Waals surface area contributed by atoms with E-state index in [1.54, 1.807) is 30.5 Å². The van der Waals surface area contributed by atoms with Gasteiger partial charge in [-0.15, -0.1) is 0 Å². The monoisotopic (exact) mass is 509 g/mol. The van der Waals surface area contributed by atoms with E-state index >= 15 is 0 Å². The van der Waals surface area contributed by atoms with Crippen LogP contribution in [-0.4, -0.2) is 63.9 Å². The van der Waals surface area contributed by atoms with E-state index in [4.69, 9.17) is 16.3 Å². The van der Waals surface area contributed by atoms with Gasteiger partial charge in [0, 0.05) is 50.5 Å². The number of halogens is 1. The van der Waals surface area contributed by atoms with Crippen LogP contribution in [0.1, 0.15) is 60.9 Å². The van der Waals surface area contributed by atoms with Gasteiger partial charge >= 0.3 is 0 Å². The average molecular weight is 510 g/mol. The molecule has 1 aliphatic heterocycles. The van der Waals surface area contributed by atoms with Crippen molar-refractivity contribution in [3.63, 3.8) is 0 Å². The van der Waals surface area contributed by atoms with Crippen LogP contribution in [-0.2, 0) is 9.53 Å². The zero-order valence-electron chi connectivity index (χ0n) is 20.5.